The Morgan fingerprint density at radius 3 is 2.43 bits per heavy atom. The number of hydrogen-bond donors (Lipinski definition) is 1. The van der Waals surface area contributed by atoms with E-state index in [9.17, 15) is 9.59 Å². The summed E-state index contributed by atoms with van der Waals surface area (Å²) >= 11 is 0. The lowest BCUT2D eigenvalue weighted by Crippen LogP contribution is -2.40. The maximum Gasteiger partial charge on any atom is 0.412 e. The van der Waals surface area contributed by atoms with Gasteiger partial charge in [-0.1, -0.05) is 18.2 Å². The fourth-order valence-corrected chi connectivity index (χ4v) is 2.53. The number of esters is 1. The Balaban J connectivity index is 1.73. The second-order valence-corrected chi connectivity index (χ2v) is 5.15. The van der Waals surface area contributed by atoms with Crippen molar-refractivity contribution in [1.29, 1.82) is 0 Å². The van der Waals surface area contributed by atoms with Gasteiger partial charge in [-0.15, -0.1) is 0 Å². The van der Waals surface area contributed by atoms with Gasteiger partial charge in [0.15, 0.2) is 0 Å². The van der Waals surface area contributed by atoms with Gasteiger partial charge in [0, 0.05) is 6.04 Å². The molecule has 1 fully saturated rings. The second-order valence-electron chi connectivity index (χ2n) is 5.15. The van der Waals surface area contributed by atoms with Crippen LogP contribution in [-0.2, 0) is 9.53 Å². The summed E-state index contributed by atoms with van der Waals surface area (Å²) in [6.45, 7) is 2.23. The maximum absolute atomic E-state index is 11.8. The van der Waals surface area contributed by atoms with Gasteiger partial charge >= 0.3 is 12.1 Å². The molecule has 0 atom stereocenters. The van der Waals surface area contributed by atoms with Gasteiger partial charge in [0.2, 0.25) is 0 Å². The van der Waals surface area contributed by atoms with Crippen molar-refractivity contribution in [1.82, 2.24) is 5.32 Å². The number of hydrogen-bond acceptors (Lipinski definition) is 4. The number of nitrogens with one attached hydrogen (secondary N) is 1. The maximum atomic E-state index is 11.8. The monoisotopic (exact) mass is 291 g/mol. The van der Waals surface area contributed by atoms with E-state index in [1.54, 1.807) is 12.1 Å². The minimum absolute atomic E-state index is 0.0341. The second kappa shape index (κ2) is 7.67. The van der Waals surface area contributed by atoms with E-state index in [2.05, 4.69) is 5.32 Å². The average molecular weight is 291 g/mol. The zero-order valence-electron chi connectivity index (χ0n) is 12.2. The first-order valence-electron chi connectivity index (χ1n) is 7.39. The summed E-state index contributed by atoms with van der Waals surface area (Å²) in [5.74, 6) is 0.367. The highest BCUT2D eigenvalue weighted by Gasteiger charge is 2.28. The molecule has 1 saturated carbocycles. The van der Waals surface area contributed by atoms with Crippen molar-refractivity contribution in [2.24, 2.45) is 5.92 Å². The van der Waals surface area contributed by atoms with E-state index in [0.29, 0.717) is 12.4 Å². The van der Waals surface area contributed by atoms with Gasteiger partial charge in [-0.2, -0.15) is 0 Å². The molecule has 0 bridgehead atoms. The van der Waals surface area contributed by atoms with E-state index in [-0.39, 0.29) is 17.9 Å². The van der Waals surface area contributed by atoms with Crippen LogP contribution in [0, 0.1) is 5.92 Å². The Kier molecular flexibility index (Phi) is 5.60. The summed E-state index contributed by atoms with van der Waals surface area (Å²) in [7, 11) is 0. The van der Waals surface area contributed by atoms with E-state index in [1.165, 1.54) is 0 Å². The van der Waals surface area contributed by atoms with Gasteiger partial charge in [-0.3, -0.25) is 4.79 Å². The molecule has 1 aromatic rings. The topological polar surface area (TPSA) is 64.6 Å². The fourth-order valence-electron chi connectivity index (χ4n) is 2.53. The summed E-state index contributed by atoms with van der Waals surface area (Å²) in [4.78, 5) is 23.4. The third-order valence-electron chi connectivity index (χ3n) is 3.62. The number of amides is 1. The zero-order chi connectivity index (χ0) is 15.1. The molecule has 5 nitrogen and oxygen atoms in total. The molecule has 5 heteroatoms. The van der Waals surface area contributed by atoms with Gasteiger partial charge in [-0.25, -0.2) is 4.79 Å². The van der Waals surface area contributed by atoms with E-state index in [0.717, 1.165) is 25.7 Å². The van der Waals surface area contributed by atoms with Gasteiger partial charge in [-0.05, 0) is 44.7 Å². The van der Waals surface area contributed by atoms with Crippen LogP contribution in [0.25, 0.3) is 0 Å². The number of carbonyl (C=O) groups is 2. The number of para-hydroxylation sites is 1. The van der Waals surface area contributed by atoms with Crippen LogP contribution in [0.4, 0.5) is 4.79 Å². The fraction of sp³-hybridized carbons (Fsp3) is 0.500. The molecule has 0 spiro atoms. The predicted molar refractivity (Wildman–Crippen MR) is 78.0 cm³/mol. The Labute approximate surface area is 124 Å². The highest BCUT2D eigenvalue weighted by Crippen LogP contribution is 2.25. The third-order valence-corrected chi connectivity index (χ3v) is 3.62. The quantitative estimate of drug-likeness (QED) is 0.866. The van der Waals surface area contributed by atoms with Gasteiger partial charge in [0.1, 0.15) is 5.75 Å². The van der Waals surface area contributed by atoms with Crippen molar-refractivity contribution >= 4 is 12.1 Å². The van der Waals surface area contributed by atoms with Crippen LogP contribution >= 0.6 is 0 Å². The molecule has 1 amide bonds. The largest absolute Gasteiger partial charge is 0.466 e. The Morgan fingerprint density at radius 2 is 1.81 bits per heavy atom. The highest BCUT2D eigenvalue weighted by molar-refractivity contribution is 5.73. The standard InChI is InChI=1S/C16H21NO4/c1-2-20-15(18)12-8-10-13(11-9-12)17-16(19)21-14-6-4-3-5-7-14/h3-7,12-13H,2,8-11H2,1H3,(H,17,19). The van der Waals surface area contributed by atoms with Crippen molar-refractivity contribution < 1.29 is 19.1 Å². The molecule has 1 N–H and O–H groups in total. The minimum Gasteiger partial charge on any atom is -0.466 e. The van der Waals surface area contributed by atoms with Crippen LogP contribution in [0.15, 0.2) is 30.3 Å². The van der Waals surface area contributed by atoms with Gasteiger partial charge in [0.25, 0.3) is 0 Å². The summed E-state index contributed by atoms with van der Waals surface area (Å²) in [5, 5.41) is 2.85. The SMILES string of the molecule is CCOC(=O)C1CCC(NC(=O)Oc2ccccc2)CC1. The lowest BCUT2D eigenvalue weighted by atomic mass is 9.86. The van der Waals surface area contributed by atoms with Crippen LogP contribution in [0.2, 0.25) is 0 Å². The van der Waals surface area contributed by atoms with Crippen LogP contribution in [0.1, 0.15) is 32.6 Å². The van der Waals surface area contributed by atoms with Gasteiger partial charge < -0.3 is 14.8 Å². The van der Waals surface area contributed by atoms with Crippen molar-refractivity contribution in [3.63, 3.8) is 0 Å². The molecule has 0 saturated heterocycles. The molecule has 1 aromatic carbocycles. The molecule has 0 aromatic heterocycles. The first-order valence-corrected chi connectivity index (χ1v) is 7.39. The van der Waals surface area contributed by atoms with E-state index < -0.39 is 6.09 Å². The molecule has 0 unspecified atom stereocenters. The Morgan fingerprint density at radius 1 is 1.14 bits per heavy atom. The van der Waals surface area contributed by atoms with E-state index in [1.807, 2.05) is 25.1 Å². The summed E-state index contributed by atoms with van der Waals surface area (Å²) in [5.41, 5.74) is 0. The smallest absolute Gasteiger partial charge is 0.412 e. The average Bonchev–Trinajstić information content (AvgIpc) is 2.49. The first-order chi connectivity index (χ1) is 10.2. The third kappa shape index (κ3) is 4.77. The molecular weight excluding hydrogens is 270 g/mol. The van der Waals surface area contributed by atoms with Crippen molar-refractivity contribution in [3.05, 3.63) is 30.3 Å². The molecule has 0 aliphatic heterocycles. The molecule has 2 rings (SSSR count). The van der Waals surface area contributed by atoms with Crippen LogP contribution in [0.3, 0.4) is 0 Å². The summed E-state index contributed by atoms with van der Waals surface area (Å²) in [6, 6.07) is 9.02. The van der Waals surface area contributed by atoms with Crippen molar-refractivity contribution in [2.75, 3.05) is 6.61 Å². The first kappa shape index (κ1) is 15.4. The summed E-state index contributed by atoms with van der Waals surface area (Å²) < 4.78 is 10.2. The Hall–Kier alpha value is -2.04. The van der Waals surface area contributed by atoms with Crippen molar-refractivity contribution in [3.8, 4) is 5.75 Å². The molecule has 21 heavy (non-hydrogen) atoms. The molecule has 0 heterocycles. The molecular formula is C16H21NO4. The lowest BCUT2D eigenvalue weighted by Gasteiger charge is -2.27. The Bertz CT molecular complexity index is 466. The van der Waals surface area contributed by atoms with Crippen LogP contribution < -0.4 is 10.1 Å². The highest BCUT2D eigenvalue weighted by atomic mass is 16.6. The number of rotatable bonds is 4. The molecule has 1 aliphatic carbocycles. The zero-order valence-corrected chi connectivity index (χ0v) is 12.2. The van der Waals surface area contributed by atoms with E-state index >= 15 is 0 Å². The molecule has 1 aliphatic rings. The molecule has 0 radical (unpaired) electrons. The number of benzene rings is 1. The van der Waals surface area contributed by atoms with Crippen LogP contribution in [0.5, 0.6) is 5.75 Å². The lowest BCUT2D eigenvalue weighted by molar-refractivity contribution is -0.149. The number of carbonyl (C=O) groups excluding carboxylic acids is 2. The normalized spacial score (nSPS) is 21.4. The number of ether oxygens (including phenoxy) is 2. The van der Waals surface area contributed by atoms with E-state index in [4.69, 9.17) is 9.47 Å². The van der Waals surface area contributed by atoms with Gasteiger partial charge in [0.05, 0.1) is 12.5 Å². The van der Waals surface area contributed by atoms with Crippen LogP contribution in [-0.4, -0.2) is 24.7 Å². The summed E-state index contributed by atoms with van der Waals surface area (Å²) in [6.07, 6.45) is 2.59. The predicted octanol–water partition coefficient (Wildman–Crippen LogP) is 2.90. The van der Waals surface area contributed by atoms with Crippen molar-refractivity contribution in [2.45, 2.75) is 38.6 Å². The minimum atomic E-state index is -0.444. The molecule has 114 valence electrons.